The van der Waals surface area contributed by atoms with Crippen molar-refractivity contribution in [2.24, 2.45) is 11.5 Å². The third-order valence-corrected chi connectivity index (χ3v) is 5.18. The zero-order valence-electron chi connectivity index (χ0n) is 15.8. The molecular formula is C26H24N2. The number of benzene rings is 4. The standard InChI is InChI=1S/C26H24N2/c27-17-20-11-4-6-13-22(20)25-16-8-15-23(19-9-2-1-3-10-19)26(25)24-14-7-5-12-21(24)18-28/h1-16H,17-18,27-28H2. The summed E-state index contributed by atoms with van der Waals surface area (Å²) in [5.74, 6) is 0. The highest BCUT2D eigenvalue weighted by molar-refractivity contribution is 5.96. The van der Waals surface area contributed by atoms with E-state index < -0.39 is 0 Å². The van der Waals surface area contributed by atoms with Crippen molar-refractivity contribution >= 4 is 0 Å². The summed E-state index contributed by atoms with van der Waals surface area (Å²) >= 11 is 0. The minimum Gasteiger partial charge on any atom is -0.326 e. The lowest BCUT2D eigenvalue weighted by atomic mass is 9.84. The summed E-state index contributed by atoms with van der Waals surface area (Å²) in [5, 5.41) is 0. The lowest BCUT2D eigenvalue weighted by molar-refractivity contribution is 1.07. The van der Waals surface area contributed by atoms with E-state index in [-0.39, 0.29) is 0 Å². The van der Waals surface area contributed by atoms with E-state index in [0.717, 1.165) is 11.1 Å². The molecule has 0 heterocycles. The molecule has 2 nitrogen and oxygen atoms in total. The summed E-state index contributed by atoms with van der Waals surface area (Å²) in [7, 11) is 0. The van der Waals surface area contributed by atoms with Crippen molar-refractivity contribution in [2.75, 3.05) is 0 Å². The van der Waals surface area contributed by atoms with Crippen LogP contribution in [-0.4, -0.2) is 0 Å². The summed E-state index contributed by atoms with van der Waals surface area (Å²) in [6.07, 6.45) is 0. The average Bonchev–Trinajstić information content (AvgIpc) is 2.79. The summed E-state index contributed by atoms with van der Waals surface area (Å²) < 4.78 is 0. The Morgan fingerprint density at radius 2 is 0.929 bits per heavy atom. The van der Waals surface area contributed by atoms with E-state index in [1.807, 2.05) is 18.2 Å². The maximum atomic E-state index is 6.10. The van der Waals surface area contributed by atoms with Crippen molar-refractivity contribution in [3.63, 3.8) is 0 Å². The largest absolute Gasteiger partial charge is 0.326 e. The molecule has 2 heteroatoms. The van der Waals surface area contributed by atoms with Crippen molar-refractivity contribution in [3.8, 4) is 33.4 Å². The number of nitrogens with two attached hydrogens (primary N) is 2. The molecule has 0 saturated carbocycles. The molecule has 0 saturated heterocycles. The lowest BCUT2D eigenvalue weighted by Gasteiger charge is -2.20. The van der Waals surface area contributed by atoms with Crippen LogP contribution in [-0.2, 0) is 13.1 Å². The first-order valence-corrected chi connectivity index (χ1v) is 9.58. The van der Waals surface area contributed by atoms with Crippen LogP contribution in [0.5, 0.6) is 0 Å². The first kappa shape index (κ1) is 18.2. The molecule has 28 heavy (non-hydrogen) atoms. The third kappa shape index (κ3) is 3.36. The topological polar surface area (TPSA) is 52.0 Å². The molecular weight excluding hydrogens is 340 g/mol. The fraction of sp³-hybridized carbons (Fsp3) is 0.0769. The zero-order chi connectivity index (χ0) is 19.3. The van der Waals surface area contributed by atoms with Crippen LogP contribution in [0.2, 0.25) is 0 Å². The van der Waals surface area contributed by atoms with Gasteiger partial charge in [0.2, 0.25) is 0 Å². The molecule has 0 bridgehead atoms. The van der Waals surface area contributed by atoms with Gasteiger partial charge in [0.05, 0.1) is 0 Å². The van der Waals surface area contributed by atoms with Gasteiger partial charge in [0.1, 0.15) is 0 Å². The Morgan fingerprint density at radius 1 is 0.429 bits per heavy atom. The molecule has 0 aromatic heterocycles. The van der Waals surface area contributed by atoms with E-state index in [2.05, 4.69) is 78.9 Å². The average molecular weight is 364 g/mol. The molecule has 4 rings (SSSR count). The van der Waals surface area contributed by atoms with Crippen LogP contribution in [0, 0.1) is 0 Å². The second kappa shape index (κ2) is 8.22. The Balaban J connectivity index is 2.08. The molecule has 0 radical (unpaired) electrons. The van der Waals surface area contributed by atoms with Crippen LogP contribution in [0.25, 0.3) is 33.4 Å². The Labute approximate surface area is 166 Å². The minimum atomic E-state index is 0.497. The zero-order valence-corrected chi connectivity index (χ0v) is 15.8. The molecule has 138 valence electrons. The quantitative estimate of drug-likeness (QED) is 0.484. The molecule has 4 N–H and O–H groups in total. The van der Waals surface area contributed by atoms with Crippen molar-refractivity contribution in [3.05, 3.63) is 108 Å². The molecule has 0 amide bonds. The molecule has 0 aliphatic heterocycles. The van der Waals surface area contributed by atoms with Gasteiger partial charge in [0.15, 0.2) is 0 Å². The van der Waals surface area contributed by atoms with Gasteiger partial charge in [0.25, 0.3) is 0 Å². The SMILES string of the molecule is NCc1ccccc1-c1cccc(-c2ccccc2)c1-c1ccccc1CN. The normalized spacial score (nSPS) is 10.8. The van der Waals surface area contributed by atoms with Crippen molar-refractivity contribution in [1.82, 2.24) is 0 Å². The highest BCUT2D eigenvalue weighted by atomic mass is 14.5. The fourth-order valence-electron chi connectivity index (χ4n) is 3.83. The summed E-state index contributed by atoms with van der Waals surface area (Å²) in [4.78, 5) is 0. The maximum absolute atomic E-state index is 6.10. The lowest BCUT2D eigenvalue weighted by Crippen LogP contribution is -2.02. The molecule has 0 spiro atoms. The van der Waals surface area contributed by atoms with Gasteiger partial charge >= 0.3 is 0 Å². The fourth-order valence-corrected chi connectivity index (χ4v) is 3.83. The van der Waals surface area contributed by atoms with Gasteiger partial charge in [-0.15, -0.1) is 0 Å². The number of hydrogen-bond acceptors (Lipinski definition) is 2. The van der Waals surface area contributed by atoms with Gasteiger partial charge in [-0.25, -0.2) is 0 Å². The second-order valence-electron chi connectivity index (χ2n) is 6.82. The predicted octanol–water partition coefficient (Wildman–Crippen LogP) is 5.61. The number of hydrogen-bond donors (Lipinski definition) is 2. The minimum absolute atomic E-state index is 0.497. The molecule has 0 unspecified atom stereocenters. The molecule has 0 aliphatic carbocycles. The molecule has 0 atom stereocenters. The Bertz CT molecular complexity index is 1080. The predicted molar refractivity (Wildman–Crippen MR) is 119 cm³/mol. The molecule has 0 fully saturated rings. The molecule has 4 aromatic rings. The van der Waals surface area contributed by atoms with E-state index in [4.69, 9.17) is 11.5 Å². The molecule has 0 aliphatic rings. The van der Waals surface area contributed by atoms with Gasteiger partial charge in [-0.05, 0) is 44.5 Å². The Kier molecular flexibility index (Phi) is 5.34. The van der Waals surface area contributed by atoms with Crippen molar-refractivity contribution in [2.45, 2.75) is 13.1 Å². The van der Waals surface area contributed by atoms with E-state index in [1.165, 1.54) is 33.4 Å². The van der Waals surface area contributed by atoms with Gasteiger partial charge in [-0.3, -0.25) is 0 Å². The van der Waals surface area contributed by atoms with Gasteiger partial charge in [-0.1, -0.05) is 97.1 Å². The summed E-state index contributed by atoms with van der Waals surface area (Å²) in [6.45, 7) is 1.00. The third-order valence-electron chi connectivity index (χ3n) is 5.18. The first-order chi connectivity index (χ1) is 13.8. The second-order valence-corrected chi connectivity index (χ2v) is 6.82. The molecule has 4 aromatic carbocycles. The van der Waals surface area contributed by atoms with Crippen LogP contribution in [0.4, 0.5) is 0 Å². The highest BCUT2D eigenvalue weighted by Crippen LogP contribution is 2.42. The van der Waals surface area contributed by atoms with Gasteiger partial charge in [0, 0.05) is 13.1 Å². The smallest absolute Gasteiger partial charge is 0.0184 e. The Morgan fingerprint density at radius 3 is 1.61 bits per heavy atom. The van der Waals surface area contributed by atoms with Crippen LogP contribution >= 0.6 is 0 Å². The highest BCUT2D eigenvalue weighted by Gasteiger charge is 2.17. The monoisotopic (exact) mass is 364 g/mol. The number of rotatable bonds is 5. The van der Waals surface area contributed by atoms with Gasteiger partial charge in [-0.2, -0.15) is 0 Å². The maximum Gasteiger partial charge on any atom is 0.0184 e. The van der Waals surface area contributed by atoms with E-state index in [0.29, 0.717) is 13.1 Å². The van der Waals surface area contributed by atoms with Crippen molar-refractivity contribution in [1.29, 1.82) is 0 Å². The van der Waals surface area contributed by atoms with E-state index in [9.17, 15) is 0 Å². The van der Waals surface area contributed by atoms with Crippen LogP contribution in [0.3, 0.4) is 0 Å². The van der Waals surface area contributed by atoms with Crippen molar-refractivity contribution < 1.29 is 0 Å². The van der Waals surface area contributed by atoms with Gasteiger partial charge < -0.3 is 11.5 Å². The summed E-state index contributed by atoms with van der Waals surface area (Å²) in [5.41, 5.74) is 21.6. The first-order valence-electron chi connectivity index (χ1n) is 9.58. The Hall–Kier alpha value is -3.20. The van der Waals surface area contributed by atoms with E-state index in [1.54, 1.807) is 0 Å². The summed E-state index contributed by atoms with van der Waals surface area (Å²) in [6, 6.07) is 33.8. The van der Waals surface area contributed by atoms with Crippen LogP contribution < -0.4 is 11.5 Å². The van der Waals surface area contributed by atoms with Crippen LogP contribution in [0.15, 0.2) is 97.1 Å². The van der Waals surface area contributed by atoms with Crippen LogP contribution in [0.1, 0.15) is 11.1 Å². The van der Waals surface area contributed by atoms with E-state index >= 15 is 0 Å².